The lowest BCUT2D eigenvalue weighted by atomic mass is 10.1. The molecule has 1 aliphatic heterocycles. The minimum Gasteiger partial charge on any atom is -0.504 e. The van der Waals surface area contributed by atoms with E-state index in [1.165, 1.54) is 11.8 Å². The Hall–Kier alpha value is -3.07. The molecule has 1 aliphatic rings. The molecule has 1 aromatic heterocycles. The molecule has 2 unspecified atom stereocenters. The molecule has 0 radical (unpaired) electrons. The van der Waals surface area contributed by atoms with Gasteiger partial charge in [0.05, 0.1) is 17.0 Å². The van der Waals surface area contributed by atoms with E-state index in [9.17, 15) is 19.8 Å². The zero-order valence-corrected chi connectivity index (χ0v) is 15.8. The van der Waals surface area contributed by atoms with Gasteiger partial charge in [0.1, 0.15) is 12.4 Å². The second kappa shape index (κ2) is 8.75. The number of alkyl carbamates (subject to hydrolysis) is 1. The van der Waals surface area contributed by atoms with Gasteiger partial charge in [-0.3, -0.25) is 0 Å². The molecule has 146 valence electrons. The normalized spacial score (nSPS) is 18.0. The maximum Gasteiger partial charge on any atom is 0.407 e. The quantitative estimate of drug-likeness (QED) is 0.675. The molecule has 0 saturated carbocycles. The van der Waals surface area contributed by atoms with Crippen molar-refractivity contribution in [2.75, 3.05) is 0 Å². The number of carbonyl (C=O) groups is 2. The highest BCUT2D eigenvalue weighted by molar-refractivity contribution is 8.02. The third kappa shape index (κ3) is 4.42. The van der Waals surface area contributed by atoms with Crippen molar-refractivity contribution >= 4 is 23.8 Å². The molecular formula is C19H19N3O5S. The van der Waals surface area contributed by atoms with Crippen LogP contribution in [0.4, 0.5) is 4.79 Å². The maximum atomic E-state index is 12.2. The first-order valence-electron chi connectivity index (χ1n) is 8.62. The largest absolute Gasteiger partial charge is 0.504 e. The average molecular weight is 401 g/mol. The molecule has 0 spiro atoms. The van der Waals surface area contributed by atoms with Crippen molar-refractivity contribution in [1.29, 1.82) is 0 Å². The van der Waals surface area contributed by atoms with Crippen molar-refractivity contribution < 1.29 is 24.5 Å². The molecule has 0 bridgehead atoms. The fraction of sp³-hybridized carbons (Fsp3) is 0.263. The number of hydrogen-bond acceptors (Lipinski definition) is 7. The summed E-state index contributed by atoms with van der Waals surface area (Å²) in [6.45, 7) is 1.90. The van der Waals surface area contributed by atoms with Crippen molar-refractivity contribution in [3.8, 4) is 5.75 Å². The van der Waals surface area contributed by atoms with Crippen LogP contribution in [0, 0.1) is 0 Å². The van der Waals surface area contributed by atoms with Crippen LogP contribution in [-0.2, 0) is 17.8 Å². The Labute approximate surface area is 165 Å². The summed E-state index contributed by atoms with van der Waals surface area (Å²) >= 11 is 1.36. The van der Waals surface area contributed by atoms with E-state index in [0.29, 0.717) is 6.42 Å². The van der Waals surface area contributed by atoms with E-state index >= 15 is 0 Å². The molecular weight excluding hydrogens is 382 g/mol. The number of thioether (sulfide) groups is 1. The molecule has 0 saturated heterocycles. The fourth-order valence-electron chi connectivity index (χ4n) is 2.69. The van der Waals surface area contributed by atoms with Crippen molar-refractivity contribution in [3.63, 3.8) is 0 Å². The number of aromatic carboxylic acids is 1. The monoisotopic (exact) mass is 401 g/mol. The third-order valence-electron chi connectivity index (χ3n) is 4.10. The van der Waals surface area contributed by atoms with Crippen LogP contribution in [0.3, 0.4) is 0 Å². The van der Waals surface area contributed by atoms with Crippen LogP contribution in [0.15, 0.2) is 41.8 Å². The number of amides is 1. The molecule has 3 rings (SSSR count). The van der Waals surface area contributed by atoms with E-state index in [1.807, 2.05) is 30.3 Å². The Morgan fingerprint density at radius 2 is 2.00 bits per heavy atom. The van der Waals surface area contributed by atoms with Crippen molar-refractivity contribution in [1.82, 2.24) is 15.3 Å². The molecule has 28 heavy (non-hydrogen) atoms. The van der Waals surface area contributed by atoms with E-state index < -0.39 is 34.8 Å². The van der Waals surface area contributed by atoms with Gasteiger partial charge in [-0.15, -0.1) is 11.8 Å². The molecule has 2 aromatic rings. The van der Waals surface area contributed by atoms with E-state index in [4.69, 9.17) is 4.74 Å². The molecule has 9 heteroatoms. The van der Waals surface area contributed by atoms with E-state index in [1.54, 1.807) is 18.4 Å². The summed E-state index contributed by atoms with van der Waals surface area (Å²) < 4.78 is 5.23. The van der Waals surface area contributed by atoms with Gasteiger partial charge in [0.25, 0.3) is 0 Å². The predicted molar refractivity (Wildman–Crippen MR) is 103 cm³/mol. The summed E-state index contributed by atoms with van der Waals surface area (Å²) in [7, 11) is 0. The second-order valence-corrected chi connectivity index (χ2v) is 7.05. The lowest BCUT2D eigenvalue weighted by Gasteiger charge is -2.20. The Morgan fingerprint density at radius 3 is 2.68 bits per heavy atom. The topological polar surface area (TPSA) is 122 Å². The van der Waals surface area contributed by atoms with Crippen LogP contribution in [0.1, 0.15) is 39.7 Å². The van der Waals surface area contributed by atoms with Crippen LogP contribution in [-0.4, -0.2) is 38.3 Å². The Morgan fingerprint density at radius 1 is 1.25 bits per heavy atom. The van der Waals surface area contributed by atoms with Crippen LogP contribution >= 0.6 is 11.8 Å². The second-order valence-electron chi connectivity index (χ2n) is 6.00. The van der Waals surface area contributed by atoms with Gasteiger partial charge in [0, 0.05) is 0 Å². The van der Waals surface area contributed by atoms with Crippen LogP contribution in [0.25, 0.3) is 0 Å². The van der Waals surface area contributed by atoms with Crippen molar-refractivity contribution in [2.24, 2.45) is 0 Å². The van der Waals surface area contributed by atoms with E-state index in [0.717, 1.165) is 5.56 Å². The minimum atomic E-state index is -1.33. The number of rotatable bonds is 6. The summed E-state index contributed by atoms with van der Waals surface area (Å²) in [5.41, 5.74) is 0.672. The lowest BCUT2D eigenvalue weighted by Crippen LogP contribution is -2.36. The summed E-state index contributed by atoms with van der Waals surface area (Å²) in [4.78, 5) is 31.8. The zero-order valence-electron chi connectivity index (χ0n) is 15.0. The van der Waals surface area contributed by atoms with Crippen LogP contribution in [0.2, 0.25) is 0 Å². The van der Waals surface area contributed by atoms with Gasteiger partial charge < -0.3 is 20.3 Å². The highest BCUT2D eigenvalue weighted by atomic mass is 32.2. The number of hydrogen-bond donors (Lipinski definition) is 3. The number of carboxylic acids is 1. The van der Waals surface area contributed by atoms with Gasteiger partial charge in [0.2, 0.25) is 0 Å². The molecule has 0 aliphatic carbocycles. The lowest BCUT2D eigenvalue weighted by molar-refractivity contribution is 0.0685. The zero-order chi connectivity index (χ0) is 20.1. The first-order chi connectivity index (χ1) is 13.5. The molecule has 1 amide bonds. The van der Waals surface area contributed by atoms with Gasteiger partial charge in [-0.05, 0) is 17.4 Å². The maximum absolute atomic E-state index is 12.2. The highest BCUT2D eigenvalue weighted by Gasteiger charge is 2.32. The minimum absolute atomic E-state index is 0.139. The SMILES string of the molecule is CCc1nc(C2SC=CC2NC(=O)OCc2ccccc2)nc(C(=O)O)c1O. The Balaban J connectivity index is 1.72. The van der Waals surface area contributed by atoms with E-state index in [2.05, 4.69) is 15.3 Å². The van der Waals surface area contributed by atoms with E-state index in [-0.39, 0.29) is 18.1 Å². The number of carbonyl (C=O) groups excluding carboxylic acids is 1. The molecule has 0 fully saturated rings. The summed E-state index contributed by atoms with van der Waals surface area (Å²) in [6, 6.07) is 8.83. The van der Waals surface area contributed by atoms with Gasteiger partial charge in [-0.1, -0.05) is 43.3 Å². The smallest absolute Gasteiger partial charge is 0.407 e. The highest BCUT2D eigenvalue weighted by Crippen LogP contribution is 2.38. The van der Waals surface area contributed by atoms with Gasteiger partial charge in [0.15, 0.2) is 11.4 Å². The van der Waals surface area contributed by atoms with Crippen molar-refractivity contribution in [2.45, 2.75) is 31.2 Å². The Bertz CT molecular complexity index is 904. The first-order valence-corrected chi connectivity index (χ1v) is 9.56. The molecule has 3 N–H and O–H groups in total. The summed E-state index contributed by atoms with van der Waals surface area (Å²) in [6.07, 6.45) is 1.52. The van der Waals surface area contributed by atoms with Crippen LogP contribution < -0.4 is 5.32 Å². The molecule has 2 heterocycles. The number of carboxylic acid groups (broad SMARTS) is 1. The first kappa shape index (κ1) is 19.7. The number of aryl methyl sites for hydroxylation is 1. The standard InChI is InChI=1S/C19H19N3O5S/c1-2-12-15(23)14(18(24)25)22-17(20-12)16-13(8-9-28-16)21-19(26)27-10-11-6-4-3-5-7-11/h3-9,13,16,23H,2,10H2,1H3,(H,21,26)(H,24,25). The number of aromatic hydroxyl groups is 1. The van der Waals surface area contributed by atoms with Crippen molar-refractivity contribution in [3.05, 3.63) is 64.6 Å². The number of nitrogens with one attached hydrogen (secondary N) is 1. The Kier molecular flexibility index (Phi) is 6.15. The number of nitrogens with zero attached hydrogens (tertiary/aromatic N) is 2. The van der Waals surface area contributed by atoms with Gasteiger partial charge in [-0.25, -0.2) is 19.6 Å². The third-order valence-corrected chi connectivity index (χ3v) is 5.21. The number of benzene rings is 1. The fourth-order valence-corrected chi connectivity index (χ4v) is 3.67. The molecule has 1 aromatic carbocycles. The summed E-state index contributed by atoms with van der Waals surface area (Å²) in [5, 5.41) is 23.4. The predicted octanol–water partition coefficient (Wildman–Crippen LogP) is 3.04. The molecule has 8 nitrogen and oxygen atoms in total. The summed E-state index contributed by atoms with van der Waals surface area (Å²) in [5.74, 6) is -1.53. The van der Waals surface area contributed by atoms with Gasteiger partial charge in [-0.2, -0.15) is 0 Å². The van der Waals surface area contributed by atoms with Gasteiger partial charge >= 0.3 is 12.1 Å². The molecule has 2 atom stereocenters. The number of ether oxygens (including phenoxy) is 1. The average Bonchev–Trinajstić information content (AvgIpc) is 3.15. The van der Waals surface area contributed by atoms with Crippen LogP contribution in [0.5, 0.6) is 5.75 Å². The number of aromatic nitrogens is 2.